The summed E-state index contributed by atoms with van der Waals surface area (Å²) in [6.07, 6.45) is 4.66. The van der Waals surface area contributed by atoms with Crippen LogP contribution in [0.3, 0.4) is 0 Å². The fourth-order valence-electron chi connectivity index (χ4n) is 11.9. The Labute approximate surface area is 449 Å². The fourth-order valence-corrected chi connectivity index (χ4v) is 11.9. The normalized spacial score (nSPS) is 13.0. The zero-order chi connectivity index (χ0) is 52.7. The molecule has 9 aromatic carbocycles. The minimum Gasteiger partial charge on any atom is -0.355 e. The van der Waals surface area contributed by atoms with Gasteiger partial charge in [0.05, 0.1) is 0 Å². The smallest absolute Gasteiger partial charge is 0.197 e. The highest BCUT2D eigenvalue weighted by Crippen LogP contribution is 2.47. The molecule has 0 bridgehead atoms. The summed E-state index contributed by atoms with van der Waals surface area (Å²) in [6.45, 7) is 27.4. The van der Waals surface area contributed by atoms with Crippen molar-refractivity contribution in [2.45, 2.75) is 126 Å². The van der Waals surface area contributed by atoms with E-state index in [-0.39, 0.29) is 5.41 Å². The second kappa shape index (κ2) is 21.1. The van der Waals surface area contributed by atoms with Crippen molar-refractivity contribution in [2.24, 2.45) is 0 Å². The summed E-state index contributed by atoms with van der Waals surface area (Å²) in [5, 5.41) is 6.39. The summed E-state index contributed by atoms with van der Waals surface area (Å²) >= 11 is 0. The van der Waals surface area contributed by atoms with Crippen molar-refractivity contribution in [3.63, 3.8) is 0 Å². The predicted molar refractivity (Wildman–Crippen MR) is 328 cm³/mol. The molecule has 1 aliphatic heterocycles. The van der Waals surface area contributed by atoms with Crippen molar-refractivity contribution >= 4 is 74.5 Å². The summed E-state index contributed by atoms with van der Waals surface area (Å²) in [4.78, 5) is 5.01. The maximum atomic E-state index is 3.98. The van der Waals surface area contributed by atoms with E-state index in [0.29, 0.717) is 11.8 Å². The van der Waals surface area contributed by atoms with E-state index < -0.39 is 0 Å². The van der Waals surface area contributed by atoms with Crippen molar-refractivity contribution in [1.29, 1.82) is 0 Å². The third kappa shape index (κ3) is 10.3. The van der Waals surface area contributed by atoms with E-state index in [0.717, 1.165) is 52.4 Å². The molecule has 0 saturated heterocycles. The molecular formula is C71H75BN3. The highest BCUT2D eigenvalue weighted by molar-refractivity contribution is 6.73. The summed E-state index contributed by atoms with van der Waals surface area (Å²) < 4.78 is 0. The van der Waals surface area contributed by atoms with E-state index >= 15 is 0 Å². The molecule has 1 N–H and O–H groups in total. The summed E-state index contributed by atoms with van der Waals surface area (Å²) in [5.74, 6) is 0.984. The minimum atomic E-state index is 0.0530. The van der Waals surface area contributed by atoms with Gasteiger partial charge in [-0.25, -0.2) is 0 Å². The zero-order valence-electron chi connectivity index (χ0n) is 46.6. The van der Waals surface area contributed by atoms with Gasteiger partial charge < -0.3 is 15.1 Å². The van der Waals surface area contributed by atoms with Crippen LogP contribution >= 0.6 is 0 Å². The average Bonchev–Trinajstić information content (AvgIpc) is 3.40. The molecule has 3 nitrogen and oxygen atoms in total. The second-order valence-corrected chi connectivity index (χ2v) is 22.8. The minimum absolute atomic E-state index is 0.0530. The van der Waals surface area contributed by atoms with Crippen LogP contribution in [0, 0.1) is 34.6 Å². The lowest BCUT2D eigenvalue weighted by Gasteiger charge is -2.37. The average molecular weight is 981 g/mol. The number of aryl methyl sites for hydroxylation is 5. The van der Waals surface area contributed by atoms with Crippen molar-refractivity contribution < 1.29 is 0 Å². The van der Waals surface area contributed by atoms with Gasteiger partial charge in [0.2, 0.25) is 0 Å². The zero-order valence-corrected chi connectivity index (χ0v) is 46.6. The van der Waals surface area contributed by atoms with Gasteiger partial charge in [0.1, 0.15) is 0 Å². The molecule has 1 aliphatic rings. The van der Waals surface area contributed by atoms with E-state index in [2.05, 4.69) is 275 Å². The van der Waals surface area contributed by atoms with Gasteiger partial charge in [-0.2, -0.15) is 0 Å². The number of rotatable bonds is 14. The Bertz CT molecular complexity index is 3500. The Balaban J connectivity index is 1.25. The maximum Gasteiger partial charge on any atom is 0.197 e. The molecule has 2 atom stereocenters. The molecule has 1 radical (unpaired) electrons. The monoisotopic (exact) mass is 981 g/mol. The van der Waals surface area contributed by atoms with Gasteiger partial charge in [-0.05, 0) is 210 Å². The van der Waals surface area contributed by atoms with Crippen LogP contribution < -0.4 is 26.0 Å². The first-order valence-electron chi connectivity index (χ1n) is 27.6. The third-order valence-corrected chi connectivity index (χ3v) is 15.9. The van der Waals surface area contributed by atoms with Crippen molar-refractivity contribution in [3.8, 4) is 22.3 Å². The van der Waals surface area contributed by atoms with Crippen LogP contribution in [0.5, 0.6) is 0 Å². The number of fused-ring (bicyclic) bond motifs is 3. The maximum absolute atomic E-state index is 3.98. The highest BCUT2D eigenvalue weighted by Gasteiger charge is 2.32. The molecule has 377 valence electrons. The number of hydrogen-bond donors (Lipinski definition) is 1. The molecule has 0 spiro atoms. The molecule has 0 amide bonds. The van der Waals surface area contributed by atoms with E-state index in [1.54, 1.807) is 0 Å². The lowest BCUT2D eigenvalue weighted by Crippen LogP contribution is -2.41. The second-order valence-electron chi connectivity index (χ2n) is 22.8. The fraction of sp³-hybridized carbons (Fsp3) is 0.268. The number of benzene rings is 9. The Hall–Kier alpha value is -7.30. The van der Waals surface area contributed by atoms with Crippen LogP contribution in [0.4, 0.5) is 45.5 Å². The van der Waals surface area contributed by atoms with Gasteiger partial charge in [0.15, 0.2) is 7.28 Å². The van der Waals surface area contributed by atoms with Gasteiger partial charge >= 0.3 is 0 Å². The standard InChI is InChI=1S/C71H75BN3/c1-13-17-47(5)52-23-33-59(34-24-52)74(58-31-21-45(3)22-32-58)60-35-38-66-63(44-60)72-70-62(69-61-20-16-15-19-53(61)25-36-64(69)73-57-29-27-56(28-30-57)71(10,11)12)42-55(68-50(8)39-46(4)40-51(68)9)43-67(70)75(66)65-37-26-54(41-49(65)7)48(6)18-14-2/h15-16,19-44,47-48,73H,13-14,17-18H2,1-12H3/t47-,48-/m0/s1. The number of anilines is 8. The highest BCUT2D eigenvalue weighted by atomic mass is 15.2. The van der Waals surface area contributed by atoms with Crippen LogP contribution in [-0.4, -0.2) is 7.28 Å². The molecule has 0 fully saturated rings. The molecule has 75 heavy (non-hydrogen) atoms. The Morgan fingerprint density at radius 1 is 0.533 bits per heavy atom. The van der Waals surface area contributed by atoms with Crippen molar-refractivity contribution in [1.82, 2.24) is 0 Å². The largest absolute Gasteiger partial charge is 0.355 e. The number of nitrogens with zero attached hydrogens (tertiary/aromatic N) is 2. The Kier molecular flexibility index (Phi) is 14.4. The lowest BCUT2D eigenvalue weighted by atomic mass is 9.57. The van der Waals surface area contributed by atoms with Crippen molar-refractivity contribution in [2.75, 3.05) is 15.1 Å². The summed E-state index contributed by atoms with van der Waals surface area (Å²) in [5.41, 5.74) is 26.7. The van der Waals surface area contributed by atoms with Gasteiger partial charge in [0.25, 0.3) is 0 Å². The SMILES string of the molecule is CCC[C@H](C)c1ccc(N(c2ccc(C)cc2)c2ccc3c(c2)[B]c2c(-c4c(Nc5ccc(C(C)(C)C)cc5)ccc5ccccc45)cc(-c4c(C)cc(C)cc4C)cc2N3c2ccc([C@@H](C)CCC)cc2C)cc1. The van der Waals surface area contributed by atoms with Crippen LogP contribution in [-0.2, 0) is 5.41 Å². The van der Waals surface area contributed by atoms with Gasteiger partial charge in [-0.3, -0.25) is 0 Å². The van der Waals surface area contributed by atoms with Gasteiger partial charge in [-0.1, -0.05) is 169 Å². The van der Waals surface area contributed by atoms with Crippen LogP contribution in [0.15, 0.2) is 170 Å². The molecule has 0 saturated carbocycles. The van der Waals surface area contributed by atoms with Gasteiger partial charge in [0, 0.05) is 51.1 Å². The van der Waals surface area contributed by atoms with E-state index in [1.165, 1.54) is 107 Å². The molecule has 4 heteroatoms. The Morgan fingerprint density at radius 3 is 1.80 bits per heavy atom. The predicted octanol–water partition coefficient (Wildman–Crippen LogP) is 19.5. The topological polar surface area (TPSA) is 18.5 Å². The molecule has 10 rings (SSSR count). The van der Waals surface area contributed by atoms with E-state index in [4.69, 9.17) is 0 Å². The Morgan fingerprint density at radius 2 is 1.15 bits per heavy atom. The molecule has 0 aliphatic carbocycles. The molecule has 0 unspecified atom stereocenters. The molecule has 1 heterocycles. The number of hydrogen-bond acceptors (Lipinski definition) is 3. The third-order valence-electron chi connectivity index (χ3n) is 15.9. The summed E-state index contributed by atoms with van der Waals surface area (Å²) in [7, 11) is 2.48. The first-order chi connectivity index (χ1) is 36.1. The first-order valence-corrected chi connectivity index (χ1v) is 27.6. The van der Waals surface area contributed by atoms with E-state index in [9.17, 15) is 0 Å². The van der Waals surface area contributed by atoms with E-state index in [1.807, 2.05) is 0 Å². The van der Waals surface area contributed by atoms with Crippen LogP contribution in [0.25, 0.3) is 33.0 Å². The van der Waals surface area contributed by atoms with Crippen LogP contribution in [0.1, 0.15) is 130 Å². The molecule has 9 aromatic rings. The quantitative estimate of drug-likeness (QED) is 0.110. The summed E-state index contributed by atoms with van der Waals surface area (Å²) in [6, 6.07) is 64.8. The van der Waals surface area contributed by atoms with Gasteiger partial charge in [-0.15, -0.1) is 0 Å². The number of nitrogens with one attached hydrogen (secondary N) is 1. The molecular weight excluding hydrogens is 906 g/mol. The first kappa shape index (κ1) is 51.2. The van der Waals surface area contributed by atoms with Crippen LogP contribution in [0.2, 0.25) is 0 Å². The molecule has 0 aromatic heterocycles. The lowest BCUT2D eigenvalue weighted by molar-refractivity contribution is 0.590. The van der Waals surface area contributed by atoms with Crippen molar-refractivity contribution in [3.05, 3.63) is 214 Å².